The van der Waals surface area contributed by atoms with Crippen molar-refractivity contribution in [3.8, 4) is 11.1 Å². The second kappa shape index (κ2) is 9.67. The van der Waals surface area contributed by atoms with Gasteiger partial charge in [-0.05, 0) is 48.2 Å². The molecule has 1 saturated heterocycles. The summed E-state index contributed by atoms with van der Waals surface area (Å²) in [5.41, 5.74) is 5.68. The van der Waals surface area contributed by atoms with E-state index in [4.69, 9.17) is 9.72 Å². The predicted molar refractivity (Wildman–Crippen MR) is 127 cm³/mol. The van der Waals surface area contributed by atoms with Crippen LogP contribution in [0.4, 0.5) is 10.3 Å². The number of carbonyl (C=O) groups excluding carboxylic acids is 1. The second-order valence-corrected chi connectivity index (χ2v) is 8.66. The van der Waals surface area contributed by atoms with E-state index in [1.807, 2.05) is 30.0 Å². The number of ether oxygens (including phenoxy) is 1. The molecule has 0 bridgehead atoms. The second-order valence-electron chi connectivity index (χ2n) is 8.66. The number of morpholine rings is 1. The average molecular weight is 449 g/mol. The third-order valence-corrected chi connectivity index (χ3v) is 6.01. The van der Waals surface area contributed by atoms with Crippen molar-refractivity contribution >= 4 is 11.9 Å². The van der Waals surface area contributed by atoms with E-state index >= 15 is 0 Å². The van der Waals surface area contributed by atoms with E-state index in [0.717, 1.165) is 16.7 Å². The number of hydrogen-bond acceptors (Lipinski definition) is 5. The molecule has 1 amide bonds. The topological polar surface area (TPSA) is 58.6 Å². The first-order valence-corrected chi connectivity index (χ1v) is 11.1. The Morgan fingerprint density at radius 1 is 1.15 bits per heavy atom. The molecule has 172 valence electrons. The Bertz CT molecular complexity index is 1150. The molecule has 0 radical (unpaired) electrons. The zero-order valence-corrected chi connectivity index (χ0v) is 19.5. The van der Waals surface area contributed by atoms with E-state index < -0.39 is 6.10 Å². The number of aryl methyl sites for hydroxylation is 2. The molecule has 2 heterocycles. The Labute approximate surface area is 194 Å². The number of hydrogen-bond donors (Lipinski definition) is 0. The monoisotopic (exact) mass is 448 g/mol. The number of benzene rings is 2. The number of aromatic nitrogens is 2. The molecule has 0 aliphatic carbocycles. The Hall–Kier alpha value is -3.32. The number of rotatable bonds is 5. The summed E-state index contributed by atoms with van der Waals surface area (Å²) in [6.07, 6.45) is 1.69. The van der Waals surface area contributed by atoms with Crippen LogP contribution in [-0.2, 0) is 16.0 Å². The zero-order valence-electron chi connectivity index (χ0n) is 19.5. The third kappa shape index (κ3) is 5.20. The van der Waals surface area contributed by atoms with E-state index in [2.05, 4.69) is 31.0 Å². The molecule has 6 nitrogen and oxygen atoms in total. The van der Waals surface area contributed by atoms with Crippen LogP contribution in [0, 0.1) is 19.7 Å². The van der Waals surface area contributed by atoms with Gasteiger partial charge in [0, 0.05) is 32.4 Å². The minimum absolute atomic E-state index is 0.0665. The number of anilines is 1. The highest BCUT2D eigenvalue weighted by Crippen LogP contribution is 2.32. The summed E-state index contributed by atoms with van der Waals surface area (Å²) in [4.78, 5) is 26.0. The van der Waals surface area contributed by atoms with Gasteiger partial charge in [-0.3, -0.25) is 4.79 Å². The summed E-state index contributed by atoms with van der Waals surface area (Å²) >= 11 is 0. The van der Waals surface area contributed by atoms with Crippen molar-refractivity contribution in [3.63, 3.8) is 0 Å². The molecule has 1 aliphatic rings. The van der Waals surface area contributed by atoms with Gasteiger partial charge in [-0.15, -0.1) is 0 Å². The summed E-state index contributed by atoms with van der Waals surface area (Å²) in [5.74, 6) is 0.318. The summed E-state index contributed by atoms with van der Waals surface area (Å²) in [7, 11) is 3.75. The highest BCUT2D eigenvalue weighted by molar-refractivity contribution is 5.79. The van der Waals surface area contributed by atoms with E-state index in [0.29, 0.717) is 37.8 Å². The number of carbonyl (C=O) groups is 1. The van der Waals surface area contributed by atoms with Gasteiger partial charge in [-0.2, -0.15) is 0 Å². The SMILES string of the molecule is Cc1ccc(CC(=O)N2CCO[C@H](c3nc(N(C)C)ncc3-c3ccc(F)cc3)C2)cc1C. The van der Waals surface area contributed by atoms with E-state index in [1.165, 1.54) is 23.3 Å². The third-order valence-electron chi connectivity index (χ3n) is 6.01. The lowest BCUT2D eigenvalue weighted by Crippen LogP contribution is -2.43. The normalized spacial score (nSPS) is 16.0. The first-order valence-electron chi connectivity index (χ1n) is 11.1. The Kier molecular flexibility index (Phi) is 6.70. The number of amides is 1. The standard InChI is InChI=1S/C26H29FN4O2/c1-17-5-6-19(13-18(17)2)14-24(32)31-11-12-33-23(16-31)25-22(15-28-26(29-25)30(3)4)20-7-9-21(27)10-8-20/h5-10,13,15,23H,11-12,14,16H2,1-4H3/t23-/m0/s1. The number of halogens is 1. The van der Waals surface area contributed by atoms with Crippen LogP contribution in [0.15, 0.2) is 48.7 Å². The van der Waals surface area contributed by atoms with E-state index in [-0.39, 0.29) is 11.7 Å². The maximum absolute atomic E-state index is 13.5. The fraction of sp³-hybridized carbons (Fsp3) is 0.346. The summed E-state index contributed by atoms with van der Waals surface area (Å²) in [6.45, 7) is 5.49. The molecule has 1 fully saturated rings. The largest absolute Gasteiger partial charge is 0.368 e. The molecule has 1 aromatic heterocycles. The van der Waals surface area contributed by atoms with Gasteiger partial charge in [-0.1, -0.05) is 30.3 Å². The fourth-order valence-corrected chi connectivity index (χ4v) is 3.94. The van der Waals surface area contributed by atoms with Crippen molar-refractivity contribution in [1.29, 1.82) is 0 Å². The summed E-state index contributed by atoms with van der Waals surface area (Å²) in [6, 6.07) is 12.4. The Morgan fingerprint density at radius 3 is 2.61 bits per heavy atom. The molecule has 0 N–H and O–H groups in total. The van der Waals surface area contributed by atoms with Gasteiger partial charge in [0.2, 0.25) is 11.9 Å². The van der Waals surface area contributed by atoms with Gasteiger partial charge < -0.3 is 14.5 Å². The van der Waals surface area contributed by atoms with Crippen LogP contribution in [0.5, 0.6) is 0 Å². The van der Waals surface area contributed by atoms with Gasteiger partial charge >= 0.3 is 0 Å². The predicted octanol–water partition coefficient (Wildman–Crippen LogP) is 4.11. The minimum Gasteiger partial charge on any atom is -0.368 e. The highest BCUT2D eigenvalue weighted by atomic mass is 19.1. The van der Waals surface area contributed by atoms with E-state index in [9.17, 15) is 9.18 Å². The smallest absolute Gasteiger partial charge is 0.227 e. The molecular weight excluding hydrogens is 419 g/mol. The first kappa shape index (κ1) is 22.9. The fourth-order valence-electron chi connectivity index (χ4n) is 3.94. The van der Waals surface area contributed by atoms with Crippen LogP contribution in [-0.4, -0.2) is 54.6 Å². The van der Waals surface area contributed by atoms with Crippen molar-refractivity contribution in [1.82, 2.24) is 14.9 Å². The summed E-state index contributed by atoms with van der Waals surface area (Å²) in [5, 5.41) is 0. The lowest BCUT2D eigenvalue weighted by Gasteiger charge is -2.33. The van der Waals surface area contributed by atoms with Crippen molar-refractivity contribution < 1.29 is 13.9 Å². The highest BCUT2D eigenvalue weighted by Gasteiger charge is 2.29. The molecule has 1 aliphatic heterocycles. The van der Waals surface area contributed by atoms with Crippen LogP contribution >= 0.6 is 0 Å². The summed E-state index contributed by atoms with van der Waals surface area (Å²) < 4.78 is 19.6. The molecule has 0 spiro atoms. The van der Waals surface area contributed by atoms with Gasteiger partial charge in [-0.25, -0.2) is 14.4 Å². The quantitative estimate of drug-likeness (QED) is 0.588. The molecule has 7 heteroatoms. The van der Waals surface area contributed by atoms with Crippen LogP contribution in [0.2, 0.25) is 0 Å². The lowest BCUT2D eigenvalue weighted by atomic mass is 10.0. The average Bonchev–Trinajstić information content (AvgIpc) is 2.81. The van der Waals surface area contributed by atoms with Crippen molar-refractivity contribution in [2.24, 2.45) is 0 Å². The van der Waals surface area contributed by atoms with Gasteiger partial charge in [0.25, 0.3) is 0 Å². The van der Waals surface area contributed by atoms with Gasteiger partial charge in [0.15, 0.2) is 0 Å². The van der Waals surface area contributed by atoms with Gasteiger partial charge in [0.05, 0.1) is 25.3 Å². The van der Waals surface area contributed by atoms with Crippen LogP contribution in [0.1, 0.15) is 28.5 Å². The van der Waals surface area contributed by atoms with Gasteiger partial charge in [0.1, 0.15) is 11.9 Å². The molecular formula is C26H29FN4O2. The Morgan fingerprint density at radius 2 is 1.91 bits per heavy atom. The molecule has 0 unspecified atom stereocenters. The van der Waals surface area contributed by atoms with Crippen molar-refractivity contribution in [3.05, 3.63) is 76.9 Å². The minimum atomic E-state index is -0.399. The molecule has 3 aromatic rings. The Balaban J connectivity index is 1.60. The molecule has 1 atom stereocenters. The maximum atomic E-state index is 13.5. The van der Waals surface area contributed by atoms with E-state index in [1.54, 1.807) is 18.3 Å². The van der Waals surface area contributed by atoms with Crippen molar-refractivity contribution in [2.45, 2.75) is 26.4 Å². The maximum Gasteiger partial charge on any atom is 0.227 e. The molecule has 4 rings (SSSR count). The molecule has 2 aromatic carbocycles. The lowest BCUT2D eigenvalue weighted by molar-refractivity contribution is -0.138. The molecule has 33 heavy (non-hydrogen) atoms. The van der Waals surface area contributed by atoms with Crippen LogP contribution in [0.25, 0.3) is 11.1 Å². The number of nitrogens with zero attached hydrogens (tertiary/aromatic N) is 4. The van der Waals surface area contributed by atoms with Crippen LogP contribution in [0.3, 0.4) is 0 Å². The molecule has 0 saturated carbocycles. The van der Waals surface area contributed by atoms with Crippen molar-refractivity contribution in [2.75, 3.05) is 38.7 Å². The van der Waals surface area contributed by atoms with Crippen LogP contribution < -0.4 is 4.90 Å². The first-order chi connectivity index (χ1) is 15.8. The zero-order chi connectivity index (χ0) is 23.5.